The number of anilines is 1. The first-order chi connectivity index (χ1) is 13.6. The molecule has 0 fully saturated rings. The fourth-order valence-corrected chi connectivity index (χ4v) is 4.09. The highest BCUT2D eigenvalue weighted by molar-refractivity contribution is 14.1. The van der Waals surface area contributed by atoms with Gasteiger partial charge >= 0.3 is 0 Å². The summed E-state index contributed by atoms with van der Waals surface area (Å²) < 4.78 is 1.10. The van der Waals surface area contributed by atoms with Gasteiger partial charge in [-0.2, -0.15) is 0 Å². The van der Waals surface area contributed by atoms with E-state index < -0.39 is 6.04 Å². The summed E-state index contributed by atoms with van der Waals surface area (Å²) in [5.41, 5.74) is 3.12. The second kappa shape index (κ2) is 8.14. The molecule has 3 aromatic rings. The fraction of sp³-hybridized carbons (Fsp3) is 0.130. The highest BCUT2D eigenvalue weighted by Crippen LogP contribution is 2.26. The summed E-state index contributed by atoms with van der Waals surface area (Å²) >= 11 is 2.26. The highest BCUT2D eigenvalue weighted by Gasteiger charge is 2.35. The predicted molar refractivity (Wildman–Crippen MR) is 118 cm³/mol. The van der Waals surface area contributed by atoms with Crippen LogP contribution in [0, 0.1) is 3.57 Å². The van der Waals surface area contributed by atoms with Crippen LogP contribution in [0.1, 0.15) is 21.5 Å². The Hall–Kier alpha value is -2.67. The number of hydrogen-bond donors (Lipinski definition) is 1. The molecule has 1 aliphatic rings. The number of para-hydroxylation sites is 1. The van der Waals surface area contributed by atoms with E-state index in [0.29, 0.717) is 24.2 Å². The van der Waals surface area contributed by atoms with Crippen LogP contribution in [-0.4, -0.2) is 22.8 Å². The highest BCUT2D eigenvalue weighted by atomic mass is 127. The largest absolute Gasteiger partial charge is 0.324 e. The molecule has 4 rings (SSSR count). The Morgan fingerprint density at radius 2 is 1.57 bits per heavy atom. The minimum atomic E-state index is -0.583. The molecule has 1 N–H and O–H groups in total. The van der Waals surface area contributed by atoms with Crippen LogP contribution in [0.5, 0.6) is 0 Å². The molecular weight excluding hydrogens is 463 g/mol. The van der Waals surface area contributed by atoms with E-state index >= 15 is 0 Å². The average molecular weight is 482 g/mol. The number of fused-ring (bicyclic) bond motifs is 1. The van der Waals surface area contributed by atoms with Gasteiger partial charge in [0.1, 0.15) is 6.04 Å². The monoisotopic (exact) mass is 482 g/mol. The summed E-state index contributed by atoms with van der Waals surface area (Å²) in [7, 11) is 0. The van der Waals surface area contributed by atoms with Crippen molar-refractivity contribution in [2.75, 3.05) is 5.32 Å². The van der Waals surface area contributed by atoms with Crippen LogP contribution < -0.4 is 5.32 Å². The number of rotatable bonds is 4. The minimum absolute atomic E-state index is 0.131. The van der Waals surface area contributed by atoms with Gasteiger partial charge < -0.3 is 10.2 Å². The van der Waals surface area contributed by atoms with Crippen LogP contribution >= 0.6 is 22.6 Å². The molecule has 3 aromatic carbocycles. The lowest BCUT2D eigenvalue weighted by molar-refractivity contribution is -0.120. The van der Waals surface area contributed by atoms with E-state index in [1.807, 2.05) is 66.7 Å². The number of hydrogen-bond acceptors (Lipinski definition) is 2. The number of nitrogens with zero attached hydrogens (tertiary/aromatic N) is 1. The second-order valence-electron chi connectivity index (χ2n) is 6.80. The molecule has 0 aromatic heterocycles. The Balaban J connectivity index is 1.74. The minimum Gasteiger partial charge on any atom is -0.324 e. The Morgan fingerprint density at radius 1 is 0.857 bits per heavy atom. The maximum Gasteiger partial charge on any atom is 0.256 e. The van der Waals surface area contributed by atoms with E-state index in [4.69, 9.17) is 0 Å². The molecule has 4 nitrogen and oxygen atoms in total. The number of carbonyl (C=O) groups is 2. The lowest BCUT2D eigenvalue weighted by Crippen LogP contribution is -2.46. The van der Waals surface area contributed by atoms with Crippen molar-refractivity contribution in [3.8, 4) is 0 Å². The molecule has 0 saturated heterocycles. The summed E-state index contributed by atoms with van der Waals surface area (Å²) in [6, 6.07) is 24.4. The fourth-order valence-electron chi connectivity index (χ4n) is 3.49. The van der Waals surface area contributed by atoms with E-state index in [9.17, 15) is 9.59 Å². The maximum absolute atomic E-state index is 13.4. The molecule has 140 valence electrons. The van der Waals surface area contributed by atoms with Gasteiger partial charge in [-0.25, -0.2) is 0 Å². The van der Waals surface area contributed by atoms with Gasteiger partial charge in [0.2, 0.25) is 5.91 Å². The Bertz CT molecular complexity index is 1020. The van der Waals surface area contributed by atoms with Gasteiger partial charge in [0.25, 0.3) is 5.91 Å². The van der Waals surface area contributed by atoms with E-state index in [-0.39, 0.29) is 11.8 Å². The third-order valence-corrected chi connectivity index (χ3v) is 5.54. The first-order valence-corrected chi connectivity index (χ1v) is 10.2. The molecule has 2 amide bonds. The van der Waals surface area contributed by atoms with Gasteiger partial charge in [-0.05, 0) is 58.0 Å². The Kier molecular flexibility index (Phi) is 5.43. The zero-order chi connectivity index (χ0) is 19.5. The average Bonchev–Trinajstić information content (AvgIpc) is 2.79. The van der Waals surface area contributed by atoms with Crippen molar-refractivity contribution in [3.63, 3.8) is 0 Å². The summed E-state index contributed by atoms with van der Waals surface area (Å²) in [4.78, 5) is 28.2. The van der Waals surface area contributed by atoms with Crippen LogP contribution in [0.15, 0.2) is 78.9 Å². The third kappa shape index (κ3) is 3.94. The Labute approximate surface area is 177 Å². The van der Waals surface area contributed by atoms with Gasteiger partial charge in [-0.15, -0.1) is 0 Å². The number of carbonyl (C=O) groups excluding carboxylic acids is 2. The van der Waals surface area contributed by atoms with Crippen LogP contribution in [0.4, 0.5) is 5.69 Å². The summed E-state index contributed by atoms with van der Waals surface area (Å²) in [5.74, 6) is -0.290. The van der Waals surface area contributed by atoms with Crippen molar-refractivity contribution in [2.45, 2.75) is 19.0 Å². The molecule has 28 heavy (non-hydrogen) atoms. The van der Waals surface area contributed by atoms with Crippen LogP contribution in [0.3, 0.4) is 0 Å². The van der Waals surface area contributed by atoms with Gasteiger partial charge in [0.05, 0.1) is 11.3 Å². The zero-order valence-electron chi connectivity index (χ0n) is 15.1. The molecule has 0 aliphatic carbocycles. The summed E-state index contributed by atoms with van der Waals surface area (Å²) in [6.45, 7) is 0.384. The van der Waals surface area contributed by atoms with E-state index in [0.717, 1.165) is 14.7 Å². The first kappa shape index (κ1) is 18.7. The van der Waals surface area contributed by atoms with Crippen LogP contribution in [0.25, 0.3) is 0 Å². The molecule has 0 radical (unpaired) electrons. The van der Waals surface area contributed by atoms with Crippen molar-refractivity contribution >= 4 is 40.1 Å². The second-order valence-corrected chi connectivity index (χ2v) is 8.05. The zero-order valence-corrected chi connectivity index (χ0v) is 17.3. The first-order valence-electron chi connectivity index (χ1n) is 9.11. The number of benzene rings is 3. The maximum atomic E-state index is 13.4. The lowest BCUT2D eigenvalue weighted by Gasteiger charge is -2.29. The molecule has 1 heterocycles. The molecule has 0 bridgehead atoms. The van der Waals surface area contributed by atoms with Gasteiger partial charge in [-0.1, -0.05) is 54.6 Å². The van der Waals surface area contributed by atoms with Crippen molar-refractivity contribution in [1.82, 2.24) is 4.90 Å². The molecule has 5 heteroatoms. The third-order valence-electron chi connectivity index (χ3n) is 4.87. The normalized spacial score (nSPS) is 16.3. The van der Waals surface area contributed by atoms with Gasteiger partial charge in [0, 0.05) is 16.5 Å². The molecule has 1 unspecified atom stereocenters. The van der Waals surface area contributed by atoms with Gasteiger partial charge in [-0.3, -0.25) is 9.59 Å². The quantitative estimate of drug-likeness (QED) is 0.557. The smallest absolute Gasteiger partial charge is 0.256 e. The Morgan fingerprint density at radius 3 is 2.36 bits per heavy atom. The van der Waals surface area contributed by atoms with Crippen LogP contribution in [0.2, 0.25) is 0 Å². The van der Waals surface area contributed by atoms with Crippen molar-refractivity contribution in [1.29, 1.82) is 0 Å². The summed E-state index contributed by atoms with van der Waals surface area (Å²) in [6.07, 6.45) is 0.469. The van der Waals surface area contributed by atoms with Crippen molar-refractivity contribution < 1.29 is 9.59 Å². The molecule has 1 atom stereocenters. The SMILES string of the molecule is O=C1Nc2ccccc2C(=O)N(Cc2cccc(I)c2)C1Cc1ccccc1. The van der Waals surface area contributed by atoms with E-state index in [1.165, 1.54) is 0 Å². The molecule has 0 spiro atoms. The number of nitrogens with one attached hydrogen (secondary N) is 1. The van der Waals surface area contributed by atoms with Gasteiger partial charge in [0.15, 0.2) is 0 Å². The van der Waals surface area contributed by atoms with Crippen LogP contribution in [-0.2, 0) is 17.8 Å². The number of amides is 2. The topological polar surface area (TPSA) is 49.4 Å². The lowest BCUT2D eigenvalue weighted by atomic mass is 10.0. The van der Waals surface area contributed by atoms with E-state index in [1.54, 1.807) is 17.0 Å². The number of halogens is 1. The molecule has 0 saturated carbocycles. The predicted octanol–water partition coefficient (Wildman–Crippen LogP) is 4.50. The van der Waals surface area contributed by atoms with E-state index in [2.05, 4.69) is 27.9 Å². The summed E-state index contributed by atoms with van der Waals surface area (Å²) in [5, 5.41) is 2.95. The standard InChI is InChI=1S/C23H19IN2O2/c24-18-10-6-9-17(13-18)15-26-21(14-16-7-2-1-3-8-16)22(27)25-20-12-5-4-11-19(20)23(26)28/h1-13,21H,14-15H2,(H,25,27). The molecule has 1 aliphatic heterocycles. The molecular formula is C23H19IN2O2. The van der Waals surface area contributed by atoms with Crippen molar-refractivity contribution in [3.05, 3.63) is 99.1 Å². The van der Waals surface area contributed by atoms with Crippen molar-refractivity contribution in [2.24, 2.45) is 0 Å².